The van der Waals surface area contributed by atoms with Gasteiger partial charge >= 0.3 is 5.95 Å². The molecule has 154 valence electrons. The Morgan fingerprint density at radius 3 is 2.07 bits per heavy atom. The number of ether oxygens (including phenoxy) is 2. The van der Waals surface area contributed by atoms with Gasteiger partial charge in [-0.25, -0.2) is 0 Å². The Morgan fingerprint density at radius 1 is 0.867 bits per heavy atom. The Labute approximate surface area is 200 Å². The number of hydrogen-bond acceptors (Lipinski definition) is 3. The molecule has 0 saturated heterocycles. The van der Waals surface area contributed by atoms with Gasteiger partial charge in [0, 0.05) is 12.1 Å². The van der Waals surface area contributed by atoms with Crippen molar-refractivity contribution in [2.45, 2.75) is 13.5 Å². The van der Waals surface area contributed by atoms with E-state index in [0.717, 1.165) is 20.0 Å². The van der Waals surface area contributed by atoms with Crippen LogP contribution in [0.15, 0.2) is 69.6 Å². The number of fused-ring (bicyclic) bond motifs is 1. The molecule has 0 aliphatic carbocycles. The van der Waals surface area contributed by atoms with Gasteiger partial charge in [-0.05, 0) is 56.1 Å². The van der Waals surface area contributed by atoms with E-state index in [4.69, 9.17) is 38.4 Å². The molecule has 0 aliphatic heterocycles. The molecule has 0 bridgehead atoms. The maximum atomic E-state index is 6.48. The minimum absolute atomic E-state index is 0.185. The first-order chi connectivity index (χ1) is 14.5. The summed E-state index contributed by atoms with van der Waals surface area (Å²) in [6, 6.07) is 18.8. The number of halogens is 4. The van der Waals surface area contributed by atoms with Gasteiger partial charge in [0.15, 0.2) is 0 Å². The van der Waals surface area contributed by atoms with E-state index in [-0.39, 0.29) is 13.5 Å². The number of nitrogens with zero attached hydrogens (tertiary/aromatic N) is 2. The lowest BCUT2D eigenvalue weighted by Crippen LogP contribution is -2.39. The lowest BCUT2D eigenvalue weighted by molar-refractivity contribution is -0.687. The van der Waals surface area contributed by atoms with E-state index >= 15 is 0 Å². The maximum absolute atomic E-state index is 6.48. The fraction of sp³-hybridized carbons (Fsp3) is 0.0952. The van der Waals surface area contributed by atoms with Gasteiger partial charge in [0.05, 0.1) is 19.0 Å². The van der Waals surface area contributed by atoms with Crippen LogP contribution in [0.2, 0.25) is 10.0 Å². The van der Waals surface area contributed by atoms with Crippen LogP contribution in [0.4, 0.5) is 5.95 Å². The predicted molar refractivity (Wildman–Crippen MR) is 126 cm³/mol. The number of rotatable bonds is 6. The number of imidazole rings is 1. The average Bonchev–Trinajstić information content (AvgIpc) is 2.97. The van der Waals surface area contributed by atoms with Crippen molar-refractivity contribution in [2.75, 3.05) is 5.73 Å². The van der Waals surface area contributed by atoms with Gasteiger partial charge in [0.25, 0.3) is 0 Å². The van der Waals surface area contributed by atoms with Gasteiger partial charge in [-0.15, -0.1) is 0 Å². The van der Waals surface area contributed by atoms with E-state index in [9.17, 15) is 0 Å². The summed E-state index contributed by atoms with van der Waals surface area (Å²) >= 11 is 19.5. The van der Waals surface area contributed by atoms with Crippen LogP contribution in [0.25, 0.3) is 11.0 Å². The van der Waals surface area contributed by atoms with E-state index in [2.05, 4.69) is 31.9 Å². The smallest absolute Gasteiger partial charge is 0.361 e. The predicted octanol–water partition coefficient (Wildman–Crippen LogP) is 6.42. The van der Waals surface area contributed by atoms with Crippen LogP contribution in [0.3, 0.4) is 0 Å². The fourth-order valence-corrected chi connectivity index (χ4v) is 4.13. The van der Waals surface area contributed by atoms with Crippen LogP contribution >= 0.6 is 55.1 Å². The summed E-state index contributed by atoms with van der Waals surface area (Å²) in [6.45, 7) is 0.371. The molecule has 0 aliphatic rings. The quantitative estimate of drug-likeness (QED) is 0.271. The van der Waals surface area contributed by atoms with Crippen molar-refractivity contribution in [3.05, 3.63) is 79.7 Å². The van der Waals surface area contributed by atoms with Crippen molar-refractivity contribution in [1.82, 2.24) is 4.57 Å². The first kappa shape index (κ1) is 21.3. The van der Waals surface area contributed by atoms with Crippen LogP contribution in [0.5, 0.6) is 11.5 Å². The van der Waals surface area contributed by atoms with Gasteiger partial charge in [-0.3, -0.25) is 5.73 Å². The second kappa shape index (κ2) is 9.06. The summed E-state index contributed by atoms with van der Waals surface area (Å²) < 4.78 is 17.3. The lowest BCUT2D eigenvalue weighted by atomic mass is 10.3. The van der Waals surface area contributed by atoms with Crippen LogP contribution < -0.4 is 19.8 Å². The van der Waals surface area contributed by atoms with Crippen molar-refractivity contribution in [3.63, 3.8) is 0 Å². The monoisotopic (exact) mass is 570 g/mol. The summed E-state index contributed by atoms with van der Waals surface area (Å²) in [7, 11) is 0. The Balaban J connectivity index is 1.71. The highest BCUT2D eigenvalue weighted by atomic mass is 79.9. The van der Waals surface area contributed by atoms with E-state index in [1.807, 2.05) is 57.7 Å². The SMILES string of the molecule is Nc1n(COc2ccccc2Br)c2cc(Cl)c(Cl)cc2[n+]1COc1ccccc1Br. The van der Waals surface area contributed by atoms with Gasteiger partial charge < -0.3 is 9.47 Å². The number of anilines is 1. The van der Waals surface area contributed by atoms with Crippen LogP contribution in [-0.2, 0) is 13.5 Å². The maximum Gasteiger partial charge on any atom is 0.361 e. The zero-order chi connectivity index (χ0) is 21.3. The molecular formula is C21H16Br2Cl2N3O2+. The Morgan fingerprint density at radius 2 is 1.43 bits per heavy atom. The third kappa shape index (κ3) is 4.25. The molecule has 0 saturated carbocycles. The van der Waals surface area contributed by atoms with Crippen LogP contribution in [0.1, 0.15) is 0 Å². The minimum atomic E-state index is 0.185. The molecule has 9 heteroatoms. The van der Waals surface area contributed by atoms with Crippen molar-refractivity contribution >= 4 is 72.0 Å². The Bertz CT molecular complexity index is 1140. The van der Waals surface area contributed by atoms with E-state index in [0.29, 0.717) is 27.5 Å². The molecule has 0 fully saturated rings. The van der Waals surface area contributed by atoms with Gasteiger partial charge in [0.2, 0.25) is 13.5 Å². The normalized spacial score (nSPS) is 11.1. The summed E-state index contributed by atoms with van der Waals surface area (Å²) in [6.07, 6.45) is 0. The zero-order valence-corrected chi connectivity index (χ0v) is 20.2. The molecule has 0 amide bonds. The molecule has 2 N–H and O–H groups in total. The van der Waals surface area contributed by atoms with Crippen molar-refractivity contribution in [3.8, 4) is 11.5 Å². The highest BCUT2D eigenvalue weighted by molar-refractivity contribution is 9.10. The first-order valence-corrected chi connectivity index (χ1v) is 11.2. The lowest BCUT2D eigenvalue weighted by Gasteiger charge is -2.08. The minimum Gasteiger partial charge on any atom is -0.459 e. The first-order valence-electron chi connectivity index (χ1n) is 8.87. The third-order valence-corrected chi connectivity index (χ3v) is 6.56. The molecule has 4 rings (SSSR count). The molecule has 3 aromatic carbocycles. The number of benzene rings is 3. The van der Waals surface area contributed by atoms with E-state index in [1.54, 1.807) is 12.1 Å². The number of nitrogens with two attached hydrogens (primary N) is 1. The van der Waals surface area contributed by atoms with Crippen molar-refractivity contribution in [2.24, 2.45) is 0 Å². The van der Waals surface area contributed by atoms with E-state index < -0.39 is 0 Å². The molecule has 1 aromatic heterocycles. The summed E-state index contributed by atoms with van der Waals surface area (Å²) in [5.41, 5.74) is 8.04. The van der Waals surface area contributed by atoms with Gasteiger partial charge in [-0.2, -0.15) is 9.13 Å². The molecule has 4 aromatic rings. The second-order valence-corrected chi connectivity index (χ2v) is 8.90. The molecule has 30 heavy (non-hydrogen) atoms. The second-order valence-electron chi connectivity index (χ2n) is 6.38. The van der Waals surface area contributed by atoms with Crippen molar-refractivity contribution in [1.29, 1.82) is 0 Å². The zero-order valence-electron chi connectivity index (χ0n) is 15.5. The molecule has 0 radical (unpaired) electrons. The molecular weight excluding hydrogens is 557 g/mol. The van der Waals surface area contributed by atoms with Gasteiger partial charge in [-0.1, -0.05) is 47.5 Å². The van der Waals surface area contributed by atoms with Crippen LogP contribution in [0, 0.1) is 0 Å². The highest BCUT2D eigenvalue weighted by Gasteiger charge is 2.24. The number of hydrogen-bond donors (Lipinski definition) is 1. The fourth-order valence-electron chi connectivity index (χ4n) is 3.01. The summed E-state index contributed by atoms with van der Waals surface area (Å²) in [4.78, 5) is 0. The third-order valence-electron chi connectivity index (χ3n) is 4.52. The Kier molecular flexibility index (Phi) is 6.43. The number of para-hydroxylation sites is 2. The van der Waals surface area contributed by atoms with Gasteiger partial charge in [0.1, 0.15) is 22.5 Å². The van der Waals surface area contributed by atoms with Crippen molar-refractivity contribution < 1.29 is 14.0 Å². The topological polar surface area (TPSA) is 53.3 Å². The molecule has 0 atom stereocenters. The molecule has 1 heterocycles. The molecule has 5 nitrogen and oxygen atoms in total. The number of nitrogen functional groups attached to an aromatic ring is 1. The summed E-state index contributed by atoms with van der Waals surface area (Å²) in [5.74, 6) is 1.85. The molecule has 0 spiro atoms. The van der Waals surface area contributed by atoms with E-state index in [1.165, 1.54) is 0 Å². The Hall–Kier alpha value is -1.93. The highest BCUT2D eigenvalue weighted by Crippen LogP contribution is 2.30. The standard InChI is InChI=1S/C21H15Br2Cl2N3O2/c22-13-5-1-3-7-19(13)29-11-27-17-9-15(24)16(25)10-18(17)28(21(27)26)12-30-20-8-4-2-6-14(20)23/h1-10,26H,11-12H2/p+1. The number of aromatic nitrogens is 2. The molecule has 0 unspecified atom stereocenters. The summed E-state index contributed by atoms with van der Waals surface area (Å²) in [5, 5.41) is 0.866. The van der Waals surface area contributed by atoms with Crippen LogP contribution in [-0.4, -0.2) is 4.57 Å². The average molecular weight is 573 g/mol. The largest absolute Gasteiger partial charge is 0.459 e.